The smallest absolute Gasteiger partial charge is 0.346 e. The zero-order chi connectivity index (χ0) is 13.5. The van der Waals surface area contributed by atoms with Gasteiger partial charge in [0, 0.05) is 5.69 Å². The van der Waals surface area contributed by atoms with Gasteiger partial charge in [0.1, 0.15) is 10.6 Å². The molecule has 0 saturated heterocycles. The number of H-pyrrole nitrogens is 1. The Labute approximate surface area is 110 Å². The van der Waals surface area contributed by atoms with Crippen LogP contribution in [-0.4, -0.2) is 26.8 Å². The molecule has 0 aliphatic heterocycles. The lowest BCUT2D eigenvalue weighted by Crippen LogP contribution is -2.18. The van der Waals surface area contributed by atoms with Crippen molar-refractivity contribution in [1.29, 1.82) is 0 Å². The second kappa shape index (κ2) is 7.20. The third-order valence-corrected chi connectivity index (χ3v) is 3.60. The quantitative estimate of drug-likeness (QED) is 0.452. The summed E-state index contributed by atoms with van der Waals surface area (Å²) >= 11 is 1.34. The molecule has 0 atom stereocenters. The fourth-order valence-electron chi connectivity index (χ4n) is 1.61. The van der Waals surface area contributed by atoms with E-state index < -0.39 is 11.7 Å². The Morgan fingerprint density at radius 2 is 2.11 bits per heavy atom. The van der Waals surface area contributed by atoms with Gasteiger partial charge in [-0.05, 0) is 19.1 Å². The van der Waals surface area contributed by atoms with E-state index in [4.69, 9.17) is 5.11 Å². The highest BCUT2D eigenvalue weighted by atomic mass is 32.2. The predicted molar refractivity (Wildman–Crippen MR) is 71.4 cm³/mol. The van der Waals surface area contributed by atoms with Gasteiger partial charge in [0.15, 0.2) is 0 Å². The number of hydrogen-bond donors (Lipinski definition) is 2. The molecule has 1 aromatic rings. The van der Waals surface area contributed by atoms with Crippen LogP contribution in [0.4, 0.5) is 0 Å². The number of hydrogen-bond acceptors (Lipinski definition) is 4. The Morgan fingerprint density at radius 3 is 2.72 bits per heavy atom. The number of nitrogens with zero attached hydrogens (tertiary/aromatic N) is 1. The van der Waals surface area contributed by atoms with Gasteiger partial charge in [0.05, 0.1) is 0 Å². The average Bonchev–Trinajstić information content (AvgIpc) is 2.27. The maximum atomic E-state index is 11.2. The fraction of sp³-hybridized carbons (Fsp3) is 0.583. The van der Waals surface area contributed by atoms with Gasteiger partial charge in [-0.15, -0.1) is 11.8 Å². The molecule has 5 nitrogen and oxygen atoms in total. The first kappa shape index (κ1) is 14.8. The lowest BCUT2D eigenvalue weighted by atomic mass is 10.2. The van der Waals surface area contributed by atoms with Crippen LogP contribution in [0.1, 0.15) is 48.7 Å². The summed E-state index contributed by atoms with van der Waals surface area (Å²) in [6.45, 7) is 3.71. The molecule has 1 heterocycles. The van der Waals surface area contributed by atoms with Gasteiger partial charge in [-0.1, -0.05) is 26.2 Å². The van der Waals surface area contributed by atoms with Crippen LogP contribution >= 0.6 is 11.8 Å². The Kier molecular flexibility index (Phi) is 5.91. The number of unbranched alkanes of at least 4 members (excludes halogenated alkanes) is 3. The third-order valence-electron chi connectivity index (χ3n) is 2.54. The van der Waals surface area contributed by atoms with Crippen molar-refractivity contribution in [2.24, 2.45) is 0 Å². The number of aromatic carboxylic acids is 1. The van der Waals surface area contributed by atoms with Crippen LogP contribution in [0.2, 0.25) is 0 Å². The highest BCUT2D eigenvalue weighted by Gasteiger charge is 2.16. The number of aryl methyl sites for hydroxylation is 1. The van der Waals surface area contributed by atoms with Crippen molar-refractivity contribution in [3.05, 3.63) is 21.7 Å². The SMILES string of the molecule is CCCCCCSc1nc(=O)[nH]c(C)c1C(=O)O. The zero-order valence-corrected chi connectivity index (χ0v) is 11.5. The van der Waals surface area contributed by atoms with Crippen LogP contribution in [0.3, 0.4) is 0 Å². The van der Waals surface area contributed by atoms with E-state index >= 15 is 0 Å². The van der Waals surface area contributed by atoms with Crippen molar-refractivity contribution in [2.75, 3.05) is 5.75 Å². The van der Waals surface area contributed by atoms with Crippen LogP contribution in [0.25, 0.3) is 0 Å². The van der Waals surface area contributed by atoms with Crippen molar-refractivity contribution in [3.63, 3.8) is 0 Å². The van der Waals surface area contributed by atoms with E-state index in [1.807, 2.05) is 0 Å². The van der Waals surface area contributed by atoms with E-state index in [0.29, 0.717) is 10.7 Å². The summed E-state index contributed by atoms with van der Waals surface area (Å²) < 4.78 is 0. The Morgan fingerprint density at radius 1 is 1.39 bits per heavy atom. The summed E-state index contributed by atoms with van der Waals surface area (Å²) in [5, 5.41) is 9.42. The Bertz CT molecular complexity index is 471. The molecular formula is C12H18N2O3S. The maximum absolute atomic E-state index is 11.2. The number of carbonyl (C=O) groups is 1. The van der Waals surface area contributed by atoms with Gasteiger partial charge in [-0.2, -0.15) is 4.98 Å². The maximum Gasteiger partial charge on any atom is 0.346 e. The molecule has 0 saturated carbocycles. The standard InChI is InChI=1S/C12H18N2O3S/c1-3-4-5-6-7-18-10-9(11(15)16)8(2)13-12(17)14-10/h3-7H2,1-2H3,(H,15,16)(H,13,14,17). The predicted octanol–water partition coefficient (Wildman–Crippen LogP) is 2.45. The lowest BCUT2D eigenvalue weighted by Gasteiger charge is -2.06. The molecule has 0 radical (unpaired) electrons. The molecule has 0 fully saturated rings. The highest BCUT2D eigenvalue weighted by molar-refractivity contribution is 7.99. The first-order chi connectivity index (χ1) is 8.56. The van der Waals surface area contributed by atoms with E-state index in [-0.39, 0.29) is 5.56 Å². The number of aromatic nitrogens is 2. The van der Waals surface area contributed by atoms with Crippen LogP contribution in [0.5, 0.6) is 0 Å². The summed E-state index contributed by atoms with van der Waals surface area (Å²) in [5.74, 6) is -0.261. The number of carboxylic acid groups (broad SMARTS) is 1. The van der Waals surface area contributed by atoms with Crippen LogP contribution < -0.4 is 5.69 Å². The van der Waals surface area contributed by atoms with Gasteiger partial charge >= 0.3 is 11.7 Å². The molecule has 1 aromatic heterocycles. The van der Waals surface area contributed by atoms with E-state index in [0.717, 1.165) is 25.0 Å². The molecule has 2 N–H and O–H groups in total. The van der Waals surface area contributed by atoms with E-state index in [1.165, 1.54) is 18.2 Å². The number of carboxylic acids is 1. The first-order valence-corrected chi connectivity index (χ1v) is 7.01. The minimum Gasteiger partial charge on any atom is -0.478 e. The number of aromatic amines is 1. The highest BCUT2D eigenvalue weighted by Crippen LogP contribution is 2.22. The monoisotopic (exact) mass is 270 g/mol. The van der Waals surface area contributed by atoms with Crippen molar-refractivity contribution in [1.82, 2.24) is 9.97 Å². The molecule has 0 aliphatic carbocycles. The molecule has 0 unspecified atom stereocenters. The van der Waals surface area contributed by atoms with E-state index in [1.54, 1.807) is 6.92 Å². The summed E-state index contributed by atoms with van der Waals surface area (Å²) in [6.07, 6.45) is 4.46. The molecule has 0 bridgehead atoms. The van der Waals surface area contributed by atoms with Crippen molar-refractivity contribution in [2.45, 2.75) is 44.6 Å². The summed E-state index contributed by atoms with van der Waals surface area (Å²) in [7, 11) is 0. The molecule has 18 heavy (non-hydrogen) atoms. The summed E-state index contributed by atoms with van der Waals surface area (Å²) in [5.41, 5.74) is -0.0257. The minimum atomic E-state index is -1.05. The second-order valence-electron chi connectivity index (χ2n) is 4.06. The molecule has 6 heteroatoms. The van der Waals surface area contributed by atoms with Crippen molar-refractivity contribution in [3.8, 4) is 0 Å². The molecule has 0 amide bonds. The van der Waals surface area contributed by atoms with Crippen LogP contribution in [-0.2, 0) is 0 Å². The van der Waals surface area contributed by atoms with Gasteiger partial charge in [0.25, 0.3) is 0 Å². The largest absolute Gasteiger partial charge is 0.478 e. The van der Waals surface area contributed by atoms with Gasteiger partial charge in [-0.3, -0.25) is 0 Å². The van der Waals surface area contributed by atoms with Gasteiger partial charge in [0.2, 0.25) is 0 Å². The normalized spacial score (nSPS) is 10.6. The molecular weight excluding hydrogens is 252 g/mol. The molecule has 100 valence electrons. The first-order valence-electron chi connectivity index (χ1n) is 6.03. The fourth-order valence-corrected chi connectivity index (χ4v) is 2.69. The molecule has 1 rings (SSSR count). The van der Waals surface area contributed by atoms with Gasteiger partial charge < -0.3 is 10.1 Å². The number of thioether (sulfide) groups is 1. The Hall–Kier alpha value is -1.30. The lowest BCUT2D eigenvalue weighted by molar-refractivity contribution is 0.0690. The second-order valence-corrected chi connectivity index (χ2v) is 5.15. The molecule has 0 aromatic carbocycles. The number of rotatable bonds is 7. The topological polar surface area (TPSA) is 83.0 Å². The van der Waals surface area contributed by atoms with Crippen molar-refractivity contribution < 1.29 is 9.90 Å². The average molecular weight is 270 g/mol. The van der Waals surface area contributed by atoms with Crippen LogP contribution in [0, 0.1) is 6.92 Å². The van der Waals surface area contributed by atoms with Crippen molar-refractivity contribution >= 4 is 17.7 Å². The minimum absolute atomic E-state index is 0.107. The third kappa shape index (κ3) is 4.18. The summed E-state index contributed by atoms with van der Waals surface area (Å²) in [4.78, 5) is 28.5. The van der Waals surface area contributed by atoms with E-state index in [9.17, 15) is 9.59 Å². The van der Waals surface area contributed by atoms with Gasteiger partial charge in [-0.25, -0.2) is 9.59 Å². The molecule has 0 aliphatic rings. The van der Waals surface area contributed by atoms with Crippen LogP contribution in [0.15, 0.2) is 9.82 Å². The van der Waals surface area contributed by atoms with E-state index in [2.05, 4.69) is 16.9 Å². The molecule has 0 spiro atoms. The summed E-state index contributed by atoms with van der Waals surface area (Å²) in [6, 6.07) is 0. The Balaban J connectivity index is 2.74. The zero-order valence-electron chi connectivity index (χ0n) is 10.7. The number of nitrogens with one attached hydrogen (secondary N) is 1.